The largest absolute Gasteiger partial charge is 0.348 e. The highest BCUT2D eigenvalue weighted by atomic mass is 32.2. The summed E-state index contributed by atoms with van der Waals surface area (Å²) < 4.78 is 23.8. The van der Waals surface area contributed by atoms with Crippen molar-refractivity contribution in [3.63, 3.8) is 0 Å². The number of nitrogens with one attached hydrogen (secondary N) is 2. The molecule has 2 atom stereocenters. The van der Waals surface area contributed by atoms with E-state index in [2.05, 4.69) is 52.2 Å². The molecule has 2 unspecified atom stereocenters. The first-order valence-electron chi connectivity index (χ1n) is 12.7. The molecule has 4 rings (SSSR count). The predicted octanol–water partition coefficient (Wildman–Crippen LogP) is 5.37. The molecule has 2 aromatic rings. The van der Waals surface area contributed by atoms with Gasteiger partial charge in [-0.15, -0.1) is 11.3 Å². The van der Waals surface area contributed by atoms with E-state index in [9.17, 15) is 18.0 Å². The van der Waals surface area contributed by atoms with Gasteiger partial charge in [0.15, 0.2) is 9.84 Å². The third-order valence-corrected chi connectivity index (χ3v) is 10.5. The summed E-state index contributed by atoms with van der Waals surface area (Å²) in [4.78, 5) is 27.8. The number of amides is 2. The zero-order valence-corrected chi connectivity index (χ0v) is 23.8. The molecule has 2 amide bonds. The van der Waals surface area contributed by atoms with E-state index in [4.69, 9.17) is 0 Å². The van der Waals surface area contributed by atoms with Crippen molar-refractivity contribution in [1.82, 2.24) is 5.32 Å². The summed E-state index contributed by atoms with van der Waals surface area (Å²) in [5.41, 5.74) is 3.33. The van der Waals surface area contributed by atoms with E-state index in [0.29, 0.717) is 28.5 Å². The van der Waals surface area contributed by atoms with Gasteiger partial charge in [-0.25, -0.2) is 8.42 Å². The molecule has 36 heavy (non-hydrogen) atoms. The minimum atomic E-state index is -3.11. The summed E-state index contributed by atoms with van der Waals surface area (Å²) in [6.45, 7) is 13.1. The Labute approximate surface area is 219 Å². The Hall–Kier alpha value is -2.19. The molecule has 0 spiro atoms. The van der Waals surface area contributed by atoms with Gasteiger partial charge < -0.3 is 10.6 Å². The molecule has 1 aromatic heterocycles. The van der Waals surface area contributed by atoms with Gasteiger partial charge in [-0.05, 0) is 65.7 Å². The first-order valence-corrected chi connectivity index (χ1v) is 15.4. The lowest BCUT2D eigenvalue weighted by Gasteiger charge is -2.33. The van der Waals surface area contributed by atoms with Gasteiger partial charge in [0.1, 0.15) is 5.00 Å². The molecule has 2 aliphatic rings. The molecule has 6 nitrogen and oxygen atoms in total. The van der Waals surface area contributed by atoms with E-state index in [1.54, 1.807) is 0 Å². The van der Waals surface area contributed by atoms with E-state index in [0.717, 1.165) is 35.3 Å². The number of carbonyl (C=O) groups excluding carboxylic acids is 2. The van der Waals surface area contributed by atoms with Crippen LogP contribution in [-0.4, -0.2) is 37.8 Å². The van der Waals surface area contributed by atoms with Crippen molar-refractivity contribution in [1.29, 1.82) is 0 Å². The van der Waals surface area contributed by atoms with Crippen LogP contribution in [0.2, 0.25) is 0 Å². The van der Waals surface area contributed by atoms with Crippen molar-refractivity contribution in [2.24, 2.45) is 11.3 Å². The van der Waals surface area contributed by atoms with E-state index in [1.807, 2.05) is 24.3 Å². The van der Waals surface area contributed by atoms with E-state index < -0.39 is 15.9 Å². The molecule has 2 heterocycles. The lowest BCUT2D eigenvalue weighted by Crippen LogP contribution is -2.36. The molecule has 0 radical (unpaired) electrons. The normalized spacial score (nSPS) is 21.6. The molecule has 1 aromatic carbocycles. The second kappa shape index (κ2) is 9.60. The van der Waals surface area contributed by atoms with Crippen LogP contribution in [0.5, 0.6) is 0 Å². The quantitative estimate of drug-likeness (QED) is 0.556. The van der Waals surface area contributed by atoms with Crippen molar-refractivity contribution < 1.29 is 18.0 Å². The molecule has 1 saturated heterocycles. The highest BCUT2D eigenvalue weighted by Gasteiger charge is 2.36. The van der Waals surface area contributed by atoms with Gasteiger partial charge in [-0.3, -0.25) is 9.59 Å². The molecular formula is C28H38N2O4S2. The predicted molar refractivity (Wildman–Crippen MR) is 147 cm³/mol. The van der Waals surface area contributed by atoms with Crippen molar-refractivity contribution in [2.75, 3.05) is 16.8 Å². The number of thiophene rings is 1. The van der Waals surface area contributed by atoms with E-state index in [1.165, 1.54) is 11.3 Å². The molecule has 0 saturated carbocycles. The summed E-state index contributed by atoms with van der Waals surface area (Å²) in [7, 11) is -3.11. The SMILES string of the molecule is CC(C)(C)c1ccc(C(=O)Nc2sc3c(c2C(=O)NC2CCS(=O)(=O)C2)CCC(C(C)(C)C)C3)cc1. The minimum absolute atomic E-state index is 0.00954. The topological polar surface area (TPSA) is 92.3 Å². The van der Waals surface area contributed by atoms with Crippen LogP contribution in [0.25, 0.3) is 0 Å². The standard InChI is InChI=1S/C28H38N2O4S2/c1-27(2,3)18-9-7-17(8-10-18)24(31)30-26-23(25(32)29-20-13-14-36(33,34)16-20)21-12-11-19(28(4,5)6)15-22(21)35-26/h7-10,19-20H,11-16H2,1-6H3,(H,29,32)(H,30,31). The van der Waals surface area contributed by atoms with Crippen LogP contribution in [0.1, 0.15) is 91.1 Å². The Balaban J connectivity index is 1.63. The second-order valence-electron chi connectivity index (χ2n) is 12.4. The third-order valence-electron chi connectivity index (χ3n) is 7.52. The molecule has 1 fully saturated rings. The summed E-state index contributed by atoms with van der Waals surface area (Å²) in [6.07, 6.45) is 3.05. The van der Waals surface area contributed by atoms with Crippen molar-refractivity contribution in [3.8, 4) is 0 Å². The molecule has 1 aliphatic heterocycles. The maximum Gasteiger partial charge on any atom is 0.256 e. The van der Waals surface area contributed by atoms with Crippen LogP contribution in [0.15, 0.2) is 24.3 Å². The zero-order chi connectivity index (χ0) is 26.5. The van der Waals surface area contributed by atoms with Gasteiger partial charge in [0.25, 0.3) is 11.8 Å². The highest BCUT2D eigenvalue weighted by molar-refractivity contribution is 7.91. The van der Waals surface area contributed by atoms with Gasteiger partial charge in [0, 0.05) is 16.5 Å². The Kier molecular flexibility index (Phi) is 7.16. The number of carbonyl (C=O) groups is 2. The summed E-state index contributed by atoms with van der Waals surface area (Å²) >= 11 is 1.49. The number of anilines is 1. The van der Waals surface area contributed by atoms with E-state index >= 15 is 0 Å². The maximum atomic E-state index is 13.5. The maximum absolute atomic E-state index is 13.5. The zero-order valence-electron chi connectivity index (χ0n) is 22.2. The Morgan fingerprint density at radius 3 is 2.19 bits per heavy atom. The fourth-order valence-corrected chi connectivity index (χ4v) is 8.11. The summed E-state index contributed by atoms with van der Waals surface area (Å²) in [5.74, 6) is 0.0224. The summed E-state index contributed by atoms with van der Waals surface area (Å²) in [5, 5.41) is 6.52. The fraction of sp³-hybridized carbons (Fsp3) is 0.571. The minimum Gasteiger partial charge on any atom is -0.348 e. The molecule has 8 heteroatoms. The van der Waals surface area contributed by atoms with Crippen LogP contribution >= 0.6 is 11.3 Å². The molecule has 196 valence electrons. The van der Waals surface area contributed by atoms with Crippen molar-refractivity contribution >= 4 is 38.0 Å². The Morgan fingerprint density at radius 2 is 1.64 bits per heavy atom. The second-order valence-corrected chi connectivity index (χ2v) is 15.7. The Bertz CT molecular complexity index is 1260. The monoisotopic (exact) mass is 530 g/mol. The van der Waals surface area contributed by atoms with Crippen molar-refractivity contribution in [2.45, 2.75) is 78.7 Å². The van der Waals surface area contributed by atoms with Gasteiger partial charge in [-0.2, -0.15) is 0 Å². The third kappa shape index (κ3) is 5.86. The lowest BCUT2D eigenvalue weighted by molar-refractivity contribution is 0.0941. The van der Waals surface area contributed by atoms with E-state index in [-0.39, 0.29) is 34.2 Å². The van der Waals surface area contributed by atoms with Crippen LogP contribution in [-0.2, 0) is 28.1 Å². The molecular weight excluding hydrogens is 492 g/mol. The molecule has 0 bridgehead atoms. The fourth-order valence-electron chi connectivity index (χ4n) is 5.12. The van der Waals surface area contributed by atoms with Gasteiger partial charge in [-0.1, -0.05) is 53.7 Å². The van der Waals surface area contributed by atoms with Gasteiger partial charge in [0.05, 0.1) is 17.1 Å². The number of fused-ring (bicyclic) bond motifs is 1. The average Bonchev–Trinajstić information content (AvgIpc) is 3.30. The molecule has 1 aliphatic carbocycles. The smallest absolute Gasteiger partial charge is 0.256 e. The van der Waals surface area contributed by atoms with Crippen molar-refractivity contribution in [3.05, 3.63) is 51.4 Å². The number of hydrogen-bond acceptors (Lipinski definition) is 5. The average molecular weight is 531 g/mol. The number of benzene rings is 1. The van der Waals surface area contributed by atoms with Crippen LogP contribution in [0.4, 0.5) is 5.00 Å². The van der Waals surface area contributed by atoms with Crippen LogP contribution < -0.4 is 10.6 Å². The Morgan fingerprint density at radius 1 is 0.972 bits per heavy atom. The number of sulfone groups is 1. The first kappa shape index (κ1) is 26.9. The van der Waals surface area contributed by atoms with Crippen LogP contribution in [0.3, 0.4) is 0 Å². The first-order chi connectivity index (χ1) is 16.6. The number of hydrogen-bond donors (Lipinski definition) is 2. The van der Waals surface area contributed by atoms with Gasteiger partial charge in [0.2, 0.25) is 0 Å². The summed E-state index contributed by atoms with van der Waals surface area (Å²) in [6, 6.07) is 7.19. The number of rotatable bonds is 4. The highest BCUT2D eigenvalue weighted by Crippen LogP contribution is 2.44. The van der Waals surface area contributed by atoms with Gasteiger partial charge >= 0.3 is 0 Å². The molecule has 2 N–H and O–H groups in total. The lowest BCUT2D eigenvalue weighted by atomic mass is 9.72. The van der Waals surface area contributed by atoms with Crippen LogP contribution in [0, 0.1) is 11.3 Å².